The van der Waals surface area contributed by atoms with Crippen LogP contribution in [-0.2, 0) is 66.5 Å². The van der Waals surface area contributed by atoms with Crippen LogP contribution in [0.2, 0.25) is 0 Å². The zero-order valence-corrected chi connectivity index (χ0v) is 54.4. The van der Waals surface area contributed by atoms with E-state index in [1.807, 2.05) is 0 Å². The fourth-order valence-electron chi connectivity index (χ4n) is 15.3. The largest absolute Gasteiger partial charge is 0.460 e. The first-order valence-corrected chi connectivity index (χ1v) is 34.5. The molecule has 37 unspecified atom stereocenters. The first kappa shape index (κ1) is 78.1. The standard InChI is InChI=1S/C65H100O34/c66-22-43-53(81)61(99-49(77)14-6-28-3-10-34(69)39(74)17-28)65(95-43)90-25-46-52(80)56(84)59(87)64(98-46)94-42-21-31-36(71)19-30(91-62-57(85)54(82)50(78)44(96-62)23-88-47(75)12-4-26-1-8-32(67)37(72)15-26)20-40(31)92-60(42)29-7-11-35(70)41(18-29)93-63-58(86)55(83)51(79)45(97-63)24-89-48(76)13-5-27-2-9-33(68)38(73)16-27/h4-6,12-14,26-46,50-74,78-87H,1-3,7-11,15-25H2/p+1. The van der Waals surface area contributed by atoms with Crippen molar-refractivity contribution in [1.29, 1.82) is 0 Å². The van der Waals surface area contributed by atoms with Gasteiger partial charge in [-0.2, -0.15) is 0 Å². The van der Waals surface area contributed by atoms with Gasteiger partial charge in [-0.3, -0.25) is 0 Å². The molecular weight excluding hydrogens is 1320 g/mol. The molecule has 0 bridgehead atoms. The van der Waals surface area contributed by atoms with Crippen molar-refractivity contribution in [2.24, 2.45) is 29.6 Å². The van der Waals surface area contributed by atoms with Gasteiger partial charge in [-0.15, -0.1) is 0 Å². The van der Waals surface area contributed by atoms with Crippen LogP contribution in [0.4, 0.5) is 0 Å². The van der Waals surface area contributed by atoms with Crippen LogP contribution in [0.5, 0.6) is 0 Å². The molecule has 0 radical (unpaired) electrons. The quantitative estimate of drug-likeness (QED) is 0.0207. The molecule has 5 aliphatic heterocycles. The third kappa shape index (κ3) is 19.3. The Morgan fingerprint density at radius 2 is 0.818 bits per heavy atom. The van der Waals surface area contributed by atoms with Crippen molar-refractivity contribution in [1.82, 2.24) is 0 Å². The summed E-state index contributed by atoms with van der Waals surface area (Å²) in [6.07, 6.45) is -35.3. The zero-order chi connectivity index (χ0) is 71.3. The smallest absolute Gasteiger partial charge is 0.330 e. The lowest BCUT2D eigenvalue weighted by atomic mass is 9.72. The predicted molar refractivity (Wildman–Crippen MR) is 326 cm³/mol. The molecule has 564 valence electrons. The highest BCUT2D eigenvalue weighted by molar-refractivity contribution is 5.82. The fraction of sp³-hybridized carbons (Fsp3) is 0.862. The number of hydrogen-bond donors (Lipinski definition) is 19. The second-order valence-electron chi connectivity index (χ2n) is 28.3. The Labute approximate surface area is 569 Å². The van der Waals surface area contributed by atoms with Gasteiger partial charge in [0, 0.05) is 37.0 Å². The van der Waals surface area contributed by atoms with Gasteiger partial charge >= 0.3 is 17.9 Å². The first-order chi connectivity index (χ1) is 47.1. The highest BCUT2D eigenvalue weighted by atomic mass is 16.8. The van der Waals surface area contributed by atoms with Gasteiger partial charge in [0.25, 0.3) is 0 Å². The molecule has 34 heteroatoms. The minimum atomic E-state index is -1.99. The molecule has 0 aromatic carbocycles. The maximum Gasteiger partial charge on any atom is 0.330 e. The Morgan fingerprint density at radius 1 is 0.384 bits per heavy atom. The number of aliphatic hydroxyl groups is 21. The first-order valence-electron chi connectivity index (χ1n) is 34.5. The van der Waals surface area contributed by atoms with Gasteiger partial charge in [-0.1, -0.05) is 18.2 Å². The van der Waals surface area contributed by atoms with Crippen LogP contribution in [0.25, 0.3) is 0 Å². The van der Waals surface area contributed by atoms with Crippen LogP contribution in [0.3, 0.4) is 0 Å². The molecular formula is C65H101O34+. The summed E-state index contributed by atoms with van der Waals surface area (Å²) in [5, 5.41) is 205. The zero-order valence-electron chi connectivity index (χ0n) is 54.4. The van der Waals surface area contributed by atoms with Crippen molar-refractivity contribution in [2.45, 2.75) is 292 Å². The van der Waals surface area contributed by atoms with Crippen molar-refractivity contribution in [3.63, 3.8) is 0 Å². The second-order valence-corrected chi connectivity index (χ2v) is 28.3. The number of carbonyl (C=O) groups is 3. The summed E-state index contributed by atoms with van der Waals surface area (Å²) in [4.78, 5) is 38.7. The van der Waals surface area contributed by atoms with Gasteiger partial charge < -0.3 is 154 Å². The Hall–Kier alpha value is -3.49. The van der Waals surface area contributed by atoms with Crippen LogP contribution < -0.4 is 0 Å². The van der Waals surface area contributed by atoms with Crippen LogP contribution in [0.15, 0.2) is 36.5 Å². The molecule has 10 fully saturated rings. The van der Waals surface area contributed by atoms with Gasteiger partial charge in [0.15, 0.2) is 43.5 Å². The molecule has 37 atom stereocenters. The topological polar surface area (TPSA) is 550 Å². The highest BCUT2D eigenvalue weighted by Gasteiger charge is 2.58. The number of esters is 3. The number of rotatable bonds is 22. The highest BCUT2D eigenvalue weighted by Crippen LogP contribution is 2.45. The fourth-order valence-corrected chi connectivity index (χ4v) is 15.3. The second kappa shape index (κ2) is 35.1. The molecule has 10 aliphatic rings. The van der Waals surface area contributed by atoms with Crippen LogP contribution in [-0.4, -0.2) is 342 Å². The van der Waals surface area contributed by atoms with E-state index >= 15 is 0 Å². The van der Waals surface area contributed by atoms with E-state index in [4.69, 9.17) is 56.8 Å². The van der Waals surface area contributed by atoms with Crippen LogP contribution in [0, 0.1) is 29.6 Å². The molecule has 5 saturated heterocycles. The summed E-state index contributed by atoms with van der Waals surface area (Å²) in [6.45, 7) is -2.67. The van der Waals surface area contributed by atoms with Gasteiger partial charge in [-0.25, -0.2) is 14.4 Å². The number of carbonyl (C=O) groups excluding carboxylic acids is 3. The van der Waals surface area contributed by atoms with E-state index in [0.717, 1.165) is 18.2 Å². The average molecular weight is 1430 g/mol. The average Bonchev–Trinajstić information content (AvgIpc) is 1.18. The molecule has 5 saturated carbocycles. The molecule has 20 N–H and O–H groups in total. The van der Waals surface area contributed by atoms with Crippen LogP contribution >= 0.6 is 0 Å². The third-order valence-electron chi connectivity index (χ3n) is 21.4. The maximum absolute atomic E-state index is 13.1. The van der Waals surface area contributed by atoms with E-state index in [2.05, 4.69) is 0 Å². The number of allylic oxidation sites excluding steroid dienone is 3. The third-order valence-corrected chi connectivity index (χ3v) is 21.4. The van der Waals surface area contributed by atoms with Crippen molar-refractivity contribution < 1.29 is 168 Å². The molecule has 99 heavy (non-hydrogen) atoms. The van der Waals surface area contributed by atoms with Gasteiger partial charge in [0.2, 0.25) is 0 Å². The summed E-state index contributed by atoms with van der Waals surface area (Å²) >= 11 is 0. The van der Waals surface area contributed by atoms with E-state index in [0.29, 0.717) is 38.5 Å². The minimum absolute atomic E-state index is 0.00654. The van der Waals surface area contributed by atoms with E-state index in [9.17, 15) is 111 Å². The summed E-state index contributed by atoms with van der Waals surface area (Å²) < 4.78 is 70.1. The van der Waals surface area contributed by atoms with Gasteiger partial charge in [0.1, 0.15) is 105 Å². The van der Waals surface area contributed by atoms with Crippen molar-refractivity contribution in [3.8, 4) is 0 Å². The molecule has 0 aromatic heterocycles. The monoisotopic (exact) mass is 1430 g/mol. The minimum Gasteiger partial charge on any atom is -0.460 e. The molecule has 34 nitrogen and oxygen atoms in total. The van der Waals surface area contributed by atoms with Crippen molar-refractivity contribution in [2.75, 3.05) is 26.4 Å². The maximum atomic E-state index is 13.1. The predicted octanol–water partition coefficient (Wildman–Crippen LogP) is -7.51. The molecule has 0 spiro atoms. The summed E-state index contributed by atoms with van der Waals surface area (Å²) in [7, 11) is 0. The Balaban J connectivity index is 0.827. The number of hydrogen-bond acceptors (Lipinski definition) is 33. The lowest BCUT2D eigenvalue weighted by Crippen LogP contribution is -2.64. The lowest BCUT2D eigenvalue weighted by Gasteiger charge is -2.50. The van der Waals surface area contributed by atoms with Gasteiger partial charge in [-0.05, 0) is 101 Å². The van der Waals surface area contributed by atoms with E-state index < -0.39 is 252 Å². The Morgan fingerprint density at radius 3 is 1.29 bits per heavy atom. The lowest BCUT2D eigenvalue weighted by molar-refractivity contribution is -0.366. The van der Waals surface area contributed by atoms with E-state index in [-0.39, 0.29) is 75.5 Å². The molecule has 0 aromatic rings. The van der Waals surface area contributed by atoms with E-state index in [1.54, 1.807) is 0 Å². The van der Waals surface area contributed by atoms with Gasteiger partial charge in [0.05, 0.1) is 80.2 Å². The Kier molecular flexibility index (Phi) is 27.7. The molecule has 5 aliphatic carbocycles. The van der Waals surface area contributed by atoms with E-state index in [1.165, 1.54) is 18.2 Å². The summed E-state index contributed by atoms with van der Waals surface area (Å²) in [6, 6.07) is 0. The summed E-state index contributed by atoms with van der Waals surface area (Å²) in [5.74, 6) is -4.84. The SMILES string of the molecule is O=C(C=CC1CCC(O)C(O)C1)OCC1OC(OC2CC(O)C3CC(OC4OC(COC5OC(CO)C(O)C5OC(=O)C=CC5CCC(O)C(O)C5)C(O)C(O)C4O)C(C4CCC(O)C(OC5OC(COC(=O)C=CC6CCC(O)C(O)C6)C(O)C(O)C5O)C4)[OH+]C3C2)C(O)C(O)C1O. The summed E-state index contributed by atoms with van der Waals surface area (Å²) in [5.41, 5.74) is 0. The number of aliphatic hydroxyl groups excluding tert-OH is 19. The number of ether oxygens (including phenoxy) is 12. The normalized spacial score (nSPS) is 48.6. The molecule has 5 heterocycles. The number of fused-ring (bicyclic) bond motifs is 1. The van der Waals surface area contributed by atoms with Crippen molar-refractivity contribution >= 4 is 17.9 Å². The van der Waals surface area contributed by atoms with Crippen molar-refractivity contribution in [3.05, 3.63) is 36.5 Å². The Bertz CT molecular complexity index is 2680. The molecule has 10 rings (SSSR count). The van der Waals surface area contributed by atoms with Crippen LogP contribution in [0.1, 0.15) is 96.3 Å². The molecule has 0 amide bonds.